The molecule has 0 spiro atoms. The zero-order valence-electron chi connectivity index (χ0n) is 8.80. The van der Waals surface area contributed by atoms with E-state index in [0.29, 0.717) is 11.4 Å². The van der Waals surface area contributed by atoms with Gasteiger partial charge in [0, 0.05) is 6.07 Å². The first kappa shape index (κ1) is 11.2. The number of nitrogens with one attached hydrogen (secondary N) is 1. The van der Waals surface area contributed by atoms with Crippen molar-refractivity contribution in [2.24, 2.45) is 0 Å². The first-order valence-corrected chi connectivity index (χ1v) is 6.50. The Morgan fingerprint density at radius 2 is 2.31 bits per heavy atom. The lowest BCUT2D eigenvalue weighted by Gasteiger charge is -2.25. The van der Waals surface area contributed by atoms with Crippen molar-refractivity contribution in [1.82, 2.24) is 0 Å². The highest BCUT2D eigenvalue weighted by molar-refractivity contribution is 7.91. The molecule has 0 bridgehead atoms. The predicted molar refractivity (Wildman–Crippen MR) is 59.5 cm³/mol. The van der Waals surface area contributed by atoms with Crippen LogP contribution in [0, 0.1) is 0 Å². The van der Waals surface area contributed by atoms with Crippen LogP contribution in [0.15, 0.2) is 23.1 Å². The van der Waals surface area contributed by atoms with Crippen molar-refractivity contribution in [2.45, 2.75) is 10.9 Å². The normalized spacial score (nSPS) is 22.0. The SMILES string of the molecule is COc1ccc2c(c1)S(=O)(=O)CC(CO)N2. The van der Waals surface area contributed by atoms with E-state index >= 15 is 0 Å². The lowest BCUT2D eigenvalue weighted by molar-refractivity contribution is 0.281. The quantitative estimate of drug-likeness (QED) is 0.779. The van der Waals surface area contributed by atoms with Gasteiger partial charge in [0.05, 0.1) is 36.1 Å². The van der Waals surface area contributed by atoms with Gasteiger partial charge in [-0.05, 0) is 12.1 Å². The summed E-state index contributed by atoms with van der Waals surface area (Å²) in [5.74, 6) is 0.413. The predicted octanol–water partition coefficient (Wildman–Crippen LogP) is 0.255. The third-order valence-electron chi connectivity index (χ3n) is 2.52. The first-order valence-electron chi connectivity index (χ1n) is 4.85. The van der Waals surface area contributed by atoms with Crippen molar-refractivity contribution in [3.05, 3.63) is 18.2 Å². The van der Waals surface area contributed by atoms with Crippen LogP contribution in [0.2, 0.25) is 0 Å². The van der Waals surface area contributed by atoms with Crippen LogP contribution in [-0.4, -0.2) is 39.0 Å². The highest BCUT2D eigenvalue weighted by Gasteiger charge is 2.29. The number of fused-ring (bicyclic) bond motifs is 1. The Morgan fingerprint density at radius 1 is 1.56 bits per heavy atom. The average Bonchev–Trinajstić information content (AvgIpc) is 2.27. The summed E-state index contributed by atoms with van der Waals surface area (Å²) in [4.78, 5) is 0.233. The second kappa shape index (κ2) is 3.95. The monoisotopic (exact) mass is 243 g/mol. The molecule has 1 atom stereocenters. The van der Waals surface area contributed by atoms with Crippen LogP contribution in [0.3, 0.4) is 0 Å². The molecule has 16 heavy (non-hydrogen) atoms. The summed E-state index contributed by atoms with van der Waals surface area (Å²) in [5.41, 5.74) is 0.520. The highest BCUT2D eigenvalue weighted by atomic mass is 32.2. The van der Waals surface area contributed by atoms with E-state index in [1.165, 1.54) is 13.2 Å². The number of rotatable bonds is 2. The van der Waals surface area contributed by atoms with Gasteiger partial charge < -0.3 is 15.2 Å². The number of hydrogen-bond donors (Lipinski definition) is 2. The van der Waals surface area contributed by atoms with Crippen molar-refractivity contribution >= 4 is 15.5 Å². The largest absolute Gasteiger partial charge is 0.497 e. The third-order valence-corrected chi connectivity index (χ3v) is 4.37. The fourth-order valence-electron chi connectivity index (χ4n) is 1.72. The Bertz CT molecular complexity index is 498. The smallest absolute Gasteiger partial charge is 0.182 e. The molecule has 2 rings (SSSR count). The van der Waals surface area contributed by atoms with Gasteiger partial charge in [-0.3, -0.25) is 0 Å². The zero-order valence-corrected chi connectivity index (χ0v) is 9.62. The minimum atomic E-state index is -3.34. The van der Waals surface area contributed by atoms with E-state index in [1.54, 1.807) is 12.1 Å². The lowest BCUT2D eigenvalue weighted by Crippen LogP contribution is -2.36. The number of anilines is 1. The highest BCUT2D eigenvalue weighted by Crippen LogP contribution is 2.31. The van der Waals surface area contributed by atoms with Gasteiger partial charge in [0.15, 0.2) is 9.84 Å². The Balaban J connectivity index is 2.52. The first-order chi connectivity index (χ1) is 7.56. The van der Waals surface area contributed by atoms with E-state index in [0.717, 1.165) is 0 Å². The summed E-state index contributed by atoms with van der Waals surface area (Å²) in [7, 11) is -1.85. The van der Waals surface area contributed by atoms with Gasteiger partial charge in [-0.2, -0.15) is 0 Å². The molecule has 6 heteroatoms. The Hall–Kier alpha value is -1.27. The minimum Gasteiger partial charge on any atom is -0.497 e. The van der Waals surface area contributed by atoms with Crippen LogP contribution >= 0.6 is 0 Å². The molecule has 1 heterocycles. The second-order valence-electron chi connectivity index (χ2n) is 3.67. The summed E-state index contributed by atoms with van der Waals surface area (Å²) < 4.78 is 28.8. The van der Waals surface area contributed by atoms with Gasteiger partial charge in [-0.1, -0.05) is 0 Å². The number of aliphatic hydroxyl groups excluding tert-OH is 1. The maximum absolute atomic E-state index is 11.9. The Kier molecular flexibility index (Phi) is 2.77. The topological polar surface area (TPSA) is 75.6 Å². The van der Waals surface area contributed by atoms with Gasteiger partial charge in [-0.15, -0.1) is 0 Å². The number of aliphatic hydroxyl groups is 1. The minimum absolute atomic E-state index is 0.0936. The zero-order chi connectivity index (χ0) is 11.8. The number of ether oxygens (including phenoxy) is 1. The summed E-state index contributed by atoms with van der Waals surface area (Å²) in [6, 6.07) is 4.38. The average molecular weight is 243 g/mol. The maximum Gasteiger partial charge on any atom is 0.182 e. The molecule has 0 fully saturated rings. The van der Waals surface area contributed by atoms with E-state index in [2.05, 4.69) is 5.32 Å². The van der Waals surface area contributed by atoms with Crippen molar-refractivity contribution in [3.63, 3.8) is 0 Å². The molecule has 1 aromatic carbocycles. The van der Waals surface area contributed by atoms with Gasteiger partial charge >= 0.3 is 0 Å². The molecule has 88 valence electrons. The van der Waals surface area contributed by atoms with Crippen LogP contribution in [-0.2, 0) is 9.84 Å². The van der Waals surface area contributed by atoms with E-state index < -0.39 is 15.9 Å². The molecule has 2 N–H and O–H groups in total. The molecule has 0 aliphatic carbocycles. The van der Waals surface area contributed by atoms with Crippen LogP contribution in [0.4, 0.5) is 5.69 Å². The Labute approximate surface area is 94.0 Å². The van der Waals surface area contributed by atoms with Crippen LogP contribution in [0.1, 0.15) is 0 Å². The summed E-state index contributed by atoms with van der Waals surface area (Å²) in [5, 5.41) is 12.0. The van der Waals surface area contributed by atoms with E-state index in [4.69, 9.17) is 9.84 Å². The molecule has 0 radical (unpaired) electrons. The molecule has 0 saturated heterocycles. The van der Waals surface area contributed by atoms with E-state index in [9.17, 15) is 8.42 Å². The van der Waals surface area contributed by atoms with Crippen molar-refractivity contribution in [3.8, 4) is 5.75 Å². The molecular weight excluding hydrogens is 230 g/mol. The summed E-state index contributed by atoms with van der Waals surface area (Å²) in [6.45, 7) is -0.204. The molecular formula is C10H13NO4S. The molecule has 0 aromatic heterocycles. The van der Waals surface area contributed by atoms with Gasteiger partial charge in [-0.25, -0.2) is 8.42 Å². The molecule has 0 amide bonds. The van der Waals surface area contributed by atoms with Gasteiger partial charge in [0.2, 0.25) is 0 Å². The lowest BCUT2D eigenvalue weighted by atomic mass is 10.2. The van der Waals surface area contributed by atoms with Crippen LogP contribution in [0.25, 0.3) is 0 Å². The molecule has 0 saturated carbocycles. The number of benzene rings is 1. The van der Waals surface area contributed by atoms with Crippen molar-refractivity contribution < 1.29 is 18.3 Å². The molecule has 1 aliphatic rings. The maximum atomic E-state index is 11.9. The molecule has 1 aliphatic heterocycles. The molecule has 5 nitrogen and oxygen atoms in total. The third kappa shape index (κ3) is 1.85. The molecule has 1 aromatic rings. The van der Waals surface area contributed by atoms with Crippen molar-refractivity contribution in [1.29, 1.82) is 0 Å². The fraction of sp³-hybridized carbons (Fsp3) is 0.400. The summed E-state index contributed by atoms with van der Waals surface area (Å²) in [6.07, 6.45) is 0. The molecule has 1 unspecified atom stereocenters. The fourth-order valence-corrected chi connectivity index (χ4v) is 3.38. The van der Waals surface area contributed by atoms with Gasteiger partial charge in [0.1, 0.15) is 5.75 Å². The summed E-state index contributed by atoms with van der Waals surface area (Å²) >= 11 is 0. The number of methoxy groups -OCH3 is 1. The number of hydrogen-bond acceptors (Lipinski definition) is 5. The standard InChI is InChI=1S/C10H13NO4S/c1-15-8-2-3-9-10(4-8)16(13,14)6-7(5-12)11-9/h2-4,7,11-12H,5-6H2,1H3. The van der Waals surface area contributed by atoms with Crippen LogP contribution in [0.5, 0.6) is 5.75 Å². The van der Waals surface area contributed by atoms with Crippen molar-refractivity contribution in [2.75, 3.05) is 24.8 Å². The van der Waals surface area contributed by atoms with E-state index in [1.807, 2.05) is 0 Å². The second-order valence-corrected chi connectivity index (χ2v) is 5.67. The van der Waals surface area contributed by atoms with Crippen LogP contribution < -0.4 is 10.1 Å². The van der Waals surface area contributed by atoms with Gasteiger partial charge in [0.25, 0.3) is 0 Å². The Morgan fingerprint density at radius 3 is 2.94 bits per heavy atom. The number of sulfone groups is 1. The van der Waals surface area contributed by atoms with E-state index in [-0.39, 0.29) is 17.3 Å².